The Morgan fingerprint density at radius 1 is 1.18 bits per heavy atom. The van der Waals surface area contributed by atoms with Crippen LogP contribution in [0.4, 0.5) is 0 Å². The Morgan fingerprint density at radius 3 is 2.34 bits per heavy atom. The highest BCUT2D eigenvalue weighted by molar-refractivity contribution is 7.55. The molecule has 1 aliphatic heterocycles. The number of hydrogen-bond acceptors (Lipinski definition) is 7. The maximum absolute atomic E-state index is 13.8. The van der Waals surface area contributed by atoms with Gasteiger partial charge in [-0.2, -0.15) is 0 Å². The van der Waals surface area contributed by atoms with Crippen LogP contribution in [0.15, 0.2) is 23.8 Å². The monoisotopic (exact) mass is 556 g/mol. The Bertz CT molecular complexity index is 845. The predicted molar refractivity (Wildman–Crippen MR) is 152 cm³/mol. The summed E-state index contributed by atoms with van der Waals surface area (Å²) in [5.74, 6) is 0.243. The summed E-state index contributed by atoms with van der Waals surface area (Å²) in [5.41, 5.74) is 0.695. The summed E-state index contributed by atoms with van der Waals surface area (Å²) in [7, 11) is -3.70. The fourth-order valence-electron chi connectivity index (χ4n) is 5.55. The highest BCUT2D eigenvalue weighted by Gasteiger charge is 2.47. The lowest BCUT2D eigenvalue weighted by Crippen LogP contribution is -2.38. The van der Waals surface area contributed by atoms with Crippen LogP contribution < -0.4 is 0 Å². The van der Waals surface area contributed by atoms with E-state index in [1.165, 1.54) is 11.1 Å². The van der Waals surface area contributed by atoms with E-state index in [9.17, 15) is 9.36 Å². The molecule has 1 heterocycles. The Balaban J connectivity index is 2.15. The van der Waals surface area contributed by atoms with Gasteiger partial charge in [0.05, 0.1) is 26.4 Å². The summed E-state index contributed by atoms with van der Waals surface area (Å²) >= 11 is 0. The topological polar surface area (TPSA) is 80.3 Å². The van der Waals surface area contributed by atoms with Gasteiger partial charge in [-0.05, 0) is 97.3 Å². The molecule has 0 bridgehead atoms. The second-order valence-electron chi connectivity index (χ2n) is 12.1. The van der Waals surface area contributed by atoms with Gasteiger partial charge in [-0.25, -0.2) is 0 Å². The van der Waals surface area contributed by atoms with Gasteiger partial charge >= 0.3 is 13.6 Å². The van der Waals surface area contributed by atoms with Crippen molar-refractivity contribution in [2.24, 2.45) is 17.3 Å². The fraction of sp³-hybridized carbons (Fsp3) is 0.833. The van der Waals surface area contributed by atoms with Crippen LogP contribution in [0.2, 0.25) is 0 Å². The molecule has 1 saturated carbocycles. The van der Waals surface area contributed by atoms with Crippen LogP contribution in [0.1, 0.15) is 100 Å². The molecular weight excluding hydrogens is 503 g/mol. The fourth-order valence-corrected chi connectivity index (χ4v) is 7.46. The largest absolute Gasteiger partial charge is 0.459 e. The number of carbonyl (C=O) groups excluding carboxylic acids is 1. The summed E-state index contributed by atoms with van der Waals surface area (Å²) in [6.07, 6.45) is 8.26. The Kier molecular flexibility index (Phi) is 12.8. The first-order valence-electron chi connectivity index (χ1n) is 14.5. The minimum atomic E-state index is -3.70. The van der Waals surface area contributed by atoms with Crippen molar-refractivity contribution in [3.8, 4) is 0 Å². The van der Waals surface area contributed by atoms with Gasteiger partial charge in [-0.1, -0.05) is 37.6 Å². The van der Waals surface area contributed by atoms with Gasteiger partial charge in [0.2, 0.25) is 0 Å². The van der Waals surface area contributed by atoms with Crippen molar-refractivity contribution < 1.29 is 32.6 Å². The number of allylic oxidation sites excluding steroid dienone is 3. The number of hydrogen-bond donors (Lipinski definition) is 0. The van der Waals surface area contributed by atoms with E-state index < -0.39 is 24.8 Å². The van der Waals surface area contributed by atoms with Crippen molar-refractivity contribution in [3.63, 3.8) is 0 Å². The highest BCUT2D eigenvalue weighted by Crippen LogP contribution is 2.58. The van der Waals surface area contributed by atoms with Crippen molar-refractivity contribution in [1.82, 2.24) is 0 Å². The van der Waals surface area contributed by atoms with Crippen LogP contribution >= 0.6 is 7.60 Å². The quantitative estimate of drug-likeness (QED) is 0.122. The maximum Gasteiger partial charge on any atom is 0.344 e. The second-order valence-corrected chi connectivity index (χ2v) is 14.3. The van der Waals surface area contributed by atoms with Gasteiger partial charge in [0.15, 0.2) is 11.9 Å². The van der Waals surface area contributed by atoms with Gasteiger partial charge in [0.1, 0.15) is 5.60 Å². The lowest BCUT2D eigenvalue weighted by molar-refractivity contribution is -0.155. The molecule has 0 aromatic heterocycles. The number of ether oxygens (including phenoxy) is 3. The molecule has 0 unspecified atom stereocenters. The molecule has 1 aliphatic carbocycles. The molecule has 0 amide bonds. The zero-order chi connectivity index (χ0) is 28.6. The Labute approximate surface area is 231 Å². The molecule has 0 aromatic rings. The lowest BCUT2D eigenvalue weighted by Gasteiger charge is -2.46. The molecule has 0 radical (unpaired) electrons. The van der Waals surface area contributed by atoms with Crippen LogP contribution in [0.25, 0.3) is 0 Å². The van der Waals surface area contributed by atoms with Crippen molar-refractivity contribution >= 4 is 13.6 Å². The van der Waals surface area contributed by atoms with E-state index in [1.807, 2.05) is 20.8 Å². The van der Waals surface area contributed by atoms with Crippen molar-refractivity contribution in [3.05, 3.63) is 23.8 Å². The van der Waals surface area contributed by atoms with E-state index in [1.54, 1.807) is 13.8 Å². The molecule has 0 aromatic carbocycles. The predicted octanol–water partition coefficient (Wildman–Crippen LogP) is 7.84. The SMILES string of the molecule is C=C1[C@@H](C/C=C(\C)CCC2OCCO2)CC[C@H](C)[C@@]1(C)CC[C@H](C(=O)OC(C)(C)C)P(=O)(OCC)OCC. The third-order valence-corrected chi connectivity index (χ3v) is 10.6. The summed E-state index contributed by atoms with van der Waals surface area (Å²) in [4.78, 5) is 13.3. The van der Waals surface area contributed by atoms with E-state index >= 15 is 0 Å². The molecule has 7 nitrogen and oxygen atoms in total. The summed E-state index contributed by atoms with van der Waals surface area (Å²) in [6, 6.07) is 0. The smallest absolute Gasteiger partial charge is 0.344 e. The number of esters is 1. The van der Waals surface area contributed by atoms with E-state index in [4.69, 9.17) is 23.3 Å². The van der Waals surface area contributed by atoms with Crippen LogP contribution in [0, 0.1) is 17.3 Å². The van der Waals surface area contributed by atoms with Crippen molar-refractivity contribution in [1.29, 1.82) is 0 Å². The van der Waals surface area contributed by atoms with E-state index in [0.717, 1.165) is 32.1 Å². The first kappa shape index (κ1) is 33.2. The molecule has 38 heavy (non-hydrogen) atoms. The zero-order valence-corrected chi connectivity index (χ0v) is 26.1. The summed E-state index contributed by atoms with van der Waals surface area (Å²) in [5, 5.41) is 0. The van der Waals surface area contributed by atoms with Crippen LogP contribution in [-0.4, -0.2) is 49.9 Å². The first-order valence-corrected chi connectivity index (χ1v) is 16.1. The average Bonchev–Trinajstić information content (AvgIpc) is 3.34. The van der Waals surface area contributed by atoms with E-state index in [2.05, 4.69) is 33.4 Å². The Morgan fingerprint density at radius 2 is 1.79 bits per heavy atom. The number of carbonyl (C=O) groups is 1. The molecular formula is C30H53O7P. The molecule has 1 saturated heterocycles. The minimum absolute atomic E-state index is 0.0746. The van der Waals surface area contributed by atoms with E-state index in [-0.39, 0.29) is 24.9 Å². The molecule has 2 fully saturated rings. The molecule has 4 atom stereocenters. The van der Waals surface area contributed by atoms with Crippen LogP contribution in [-0.2, 0) is 32.6 Å². The van der Waals surface area contributed by atoms with E-state index in [0.29, 0.717) is 37.9 Å². The molecule has 0 spiro atoms. The zero-order valence-electron chi connectivity index (χ0n) is 25.2. The Hall–Kier alpha value is -0.980. The van der Waals surface area contributed by atoms with Gasteiger partial charge in [-0.15, -0.1) is 0 Å². The highest BCUT2D eigenvalue weighted by atomic mass is 31.2. The minimum Gasteiger partial charge on any atom is -0.459 e. The second kappa shape index (κ2) is 14.6. The van der Waals surface area contributed by atoms with Gasteiger partial charge in [0, 0.05) is 6.42 Å². The van der Waals surface area contributed by atoms with Crippen LogP contribution in [0.5, 0.6) is 0 Å². The third-order valence-electron chi connectivity index (χ3n) is 8.09. The van der Waals surface area contributed by atoms with Gasteiger partial charge in [-0.3, -0.25) is 9.36 Å². The molecule has 2 rings (SSSR count). The lowest BCUT2D eigenvalue weighted by atomic mass is 9.59. The standard InChI is InChI=1S/C30H53O7P/c1-10-35-38(32,36-11-2)26(28(31)37-29(6,7)8)18-19-30(9)23(4)14-16-25(24(30)5)15-12-22(3)13-17-27-33-20-21-34-27/h12,23,25-27H,5,10-11,13-21H2,1-4,6-9H3/b22-12+/t23-,25-,26+,30+/m0/s1. The summed E-state index contributed by atoms with van der Waals surface area (Å²) in [6.45, 7) is 22.0. The van der Waals surface area contributed by atoms with Gasteiger partial charge < -0.3 is 23.3 Å². The summed E-state index contributed by atoms with van der Waals surface area (Å²) < 4.78 is 41.9. The van der Waals surface area contributed by atoms with Gasteiger partial charge in [0.25, 0.3) is 0 Å². The van der Waals surface area contributed by atoms with Crippen LogP contribution in [0.3, 0.4) is 0 Å². The number of rotatable bonds is 14. The first-order chi connectivity index (χ1) is 17.8. The third kappa shape index (κ3) is 9.30. The maximum atomic E-state index is 13.8. The van der Waals surface area contributed by atoms with Crippen molar-refractivity contribution in [2.75, 3.05) is 26.4 Å². The molecule has 2 aliphatic rings. The molecule has 8 heteroatoms. The van der Waals surface area contributed by atoms with Crippen molar-refractivity contribution in [2.45, 2.75) is 118 Å². The molecule has 0 N–H and O–H groups in total. The normalized spacial score (nSPS) is 26.5. The average molecular weight is 557 g/mol. The molecule has 220 valence electrons.